The molecule has 1 N–H and O–H groups in total. The van der Waals surface area contributed by atoms with Gasteiger partial charge >= 0.3 is 0 Å². The zero-order chi connectivity index (χ0) is 14.7. The fourth-order valence-corrected chi connectivity index (χ4v) is 3.71. The van der Waals surface area contributed by atoms with Crippen LogP contribution in [-0.4, -0.2) is 20.1 Å². The maximum absolute atomic E-state index is 3.83. The Labute approximate surface area is 132 Å². The molecule has 0 radical (unpaired) electrons. The van der Waals surface area contributed by atoms with E-state index in [0.29, 0.717) is 6.04 Å². The highest BCUT2D eigenvalue weighted by Gasteiger charge is 2.27. The number of rotatable bonds is 4. The van der Waals surface area contributed by atoms with E-state index in [0.717, 1.165) is 16.3 Å². The van der Waals surface area contributed by atoms with Crippen molar-refractivity contribution in [1.82, 2.24) is 0 Å². The molecule has 112 valence electrons. The molecule has 2 unspecified atom stereocenters. The summed E-state index contributed by atoms with van der Waals surface area (Å²) >= 11 is 3.60. The minimum atomic E-state index is 0.608. The Morgan fingerprint density at radius 1 is 1.20 bits per heavy atom. The monoisotopic (exact) mass is 338 g/mol. The average molecular weight is 339 g/mol. The number of hydrogen-bond acceptors (Lipinski definition) is 2. The van der Waals surface area contributed by atoms with Crippen LogP contribution in [0.2, 0.25) is 0 Å². The lowest BCUT2D eigenvalue weighted by molar-refractivity contribution is 0.254. The van der Waals surface area contributed by atoms with Gasteiger partial charge in [0, 0.05) is 24.6 Å². The SMILES string of the molecule is CC(C)C1CCCCC1Nc1cc(Br)ccc1N(C)C. The third kappa shape index (κ3) is 3.69. The maximum Gasteiger partial charge on any atom is 0.0597 e. The van der Waals surface area contributed by atoms with Gasteiger partial charge in [-0.25, -0.2) is 0 Å². The van der Waals surface area contributed by atoms with Gasteiger partial charge < -0.3 is 10.2 Å². The Bertz CT molecular complexity index is 443. The van der Waals surface area contributed by atoms with E-state index in [1.165, 1.54) is 37.1 Å². The average Bonchev–Trinajstić information content (AvgIpc) is 2.38. The van der Waals surface area contributed by atoms with Crippen LogP contribution < -0.4 is 10.2 Å². The van der Waals surface area contributed by atoms with Crippen LogP contribution in [0.1, 0.15) is 39.5 Å². The van der Waals surface area contributed by atoms with Gasteiger partial charge in [-0.05, 0) is 42.9 Å². The van der Waals surface area contributed by atoms with Crippen LogP contribution >= 0.6 is 15.9 Å². The number of benzene rings is 1. The van der Waals surface area contributed by atoms with E-state index in [-0.39, 0.29) is 0 Å². The fraction of sp³-hybridized carbons (Fsp3) is 0.647. The van der Waals surface area contributed by atoms with E-state index in [4.69, 9.17) is 0 Å². The van der Waals surface area contributed by atoms with Crippen LogP contribution in [0.4, 0.5) is 11.4 Å². The molecule has 2 rings (SSSR count). The molecule has 1 aromatic carbocycles. The van der Waals surface area contributed by atoms with Crippen LogP contribution in [0.3, 0.4) is 0 Å². The summed E-state index contributed by atoms with van der Waals surface area (Å²) in [6.45, 7) is 4.72. The van der Waals surface area contributed by atoms with Crippen LogP contribution in [-0.2, 0) is 0 Å². The highest BCUT2D eigenvalue weighted by Crippen LogP contribution is 2.35. The van der Waals surface area contributed by atoms with Crippen molar-refractivity contribution in [3.05, 3.63) is 22.7 Å². The maximum atomic E-state index is 3.83. The van der Waals surface area contributed by atoms with Gasteiger partial charge in [0.25, 0.3) is 0 Å². The highest BCUT2D eigenvalue weighted by molar-refractivity contribution is 9.10. The van der Waals surface area contributed by atoms with Crippen molar-refractivity contribution in [1.29, 1.82) is 0 Å². The first-order valence-corrected chi connectivity index (χ1v) is 8.51. The summed E-state index contributed by atoms with van der Waals surface area (Å²) in [7, 11) is 4.21. The van der Waals surface area contributed by atoms with Gasteiger partial charge in [0.05, 0.1) is 11.4 Å². The lowest BCUT2D eigenvalue weighted by Gasteiger charge is -2.36. The van der Waals surface area contributed by atoms with Gasteiger partial charge in [0.2, 0.25) is 0 Å². The van der Waals surface area contributed by atoms with Gasteiger partial charge in [-0.3, -0.25) is 0 Å². The molecule has 1 aliphatic rings. The first kappa shape index (κ1) is 15.7. The highest BCUT2D eigenvalue weighted by atomic mass is 79.9. The Hall–Kier alpha value is -0.700. The molecule has 0 amide bonds. The molecule has 0 heterocycles. The minimum Gasteiger partial charge on any atom is -0.380 e. The molecule has 20 heavy (non-hydrogen) atoms. The number of halogens is 1. The molecule has 1 aromatic rings. The fourth-order valence-electron chi connectivity index (χ4n) is 3.35. The van der Waals surface area contributed by atoms with Crippen molar-refractivity contribution >= 4 is 27.3 Å². The van der Waals surface area contributed by atoms with E-state index in [2.05, 4.69) is 72.3 Å². The summed E-state index contributed by atoms with van der Waals surface area (Å²) in [5, 5.41) is 3.83. The number of hydrogen-bond donors (Lipinski definition) is 1. The van der Waals surface area contributed by atoms with E-state index in [9.17, 15) is 0 Å². The number of anilines is 2. The second-order valence-corrected chi connectivity index (χ2v) is 7.41. The third-order valence-electron chi connectivity index (χ3n) is 4.46. The lowest BCUT2D eigenvalue weighted by Crippen LogP contribution is -2.35. The van der Waals surface area contributed by atoms with Crippen molar-refractivity contribution in [3.8, 4) is 0 Å². The van der Waals surface area contributed by atoms with Gasteiger partial charge in [-0.1, -0.05) is 42.6 Å². The summed E-state index contributed by atoms with van der Waals surface area (Å²) in [5.41, 5.74) is 2.52. The van der Waals surface area contributed by atoms with Crippen molar-refractivity contribution in [2.45, 2.75) is 45.6 Å². The molecule has 2 atom stereocenters. The molecule has 2 nitrogen and oxygen atoms in total. The standard InChI is InChI=1S/C17H27BrN2/c1-12(2)14-7-5-6-8-15(14)19-16-11-13(18)9-10-17(16)20(3)4/h9-12,14-15,19H,5-8H2,1-4H3. The van der Waals surface area contributed by atoms with E-state index >= 15 is 0 Å². The minimum absolute atomic E-state index is 0.608. The summed E-state index contributed by atoms with van der Waals surface area (Å²) in [6.07, 6.45) is 5.40. The first-order chi connectivity index (χ1) is 9.49. The molecule has 3 heteroatoms. The molecule has 1 aliphatic carbocycles. The Kier molecular flexibility index (Phi) is 5.36. The van der Waals surface area contributed by atoms with Gasteiger partial charge in [-0.2, -0.15) is 0 Å². The first-order valence-electron chi connectivity index (χ1n) is 7.72. The summed E-state index contributed by atoms with van der Waals surface area (Å²) in [5.74, 6) is 1.54. The molecular formula is C17H27BrN2. The predicted octanol–water partition coefficient (Wildman–Crippen LogP) is 5.14. The summed E-state index contributed by atoms with van der Waals surface area (Å²) < 4.78 is 1.14. The van der Waals surface area contributed by atoms with E-state index in [1.807, 2.05) is 0 Å². The zero-order valence-electron chi connectivity index (χ0n) is 13.1. The molecule has 0 aliphatic heterocycles. The quantitative estimate of drug-likeness (QED) is 0.817. The lowest BCUT2D eigenvalue weighted by atomic mass is 9.77. The number of nitrogens with zero attached hydrogens (tertiary/aromatic N) is 1. The molecule has 1 saturated carbocycles. The van der Waals surface area contributed by atoms with Crippen LogP contribution in [0, 0.1) is 11.8 Å². The molecule has 0 spiro atoms. The van der Waals surface area contributed by atoms with E-state index < -0.39 is 0 Å². The molecular weight excluding hydrogens is 312 g/mol. The Balaban J connectivity index is 2.21. The molecule has 0 bridgehead atoms. The van der Waals surface area contributed by atoms with Crippen LogP contribution in [0.25, 0.3) is 0 Å². The molecule has 0 aromatic heterocycles. The van der Waals surface area contributed by atoms with Gasteiger partial charge in [0.15, 0.2) is 0 Å². The van der Waals surface area contributed by atoms with Crippen LogP contribution in [0.15, 0.2) is 22.7 Å². The Morgan fingerprint density at radius 2 is 1.90 bits per heavy atom. The van der Waals surface area contributed by atoms with Gasteiger partial charge in [0.1, 0.15) is 0 Å². The molecule has 0 saturated heterocycles. The number of nitrogens with one attached hydrogen (secondary N) is 1. The van der Waals surface area contributed by atoms with Crippen molar-refractivity contribution < 1.29 is 0 Å². The zero-order valence-corrected chi connectivity index (χ0v) is 14.7. The third-order valence-corrected chi connectivity index (χ3v) is 4.95. The van der Waals surface area contributed by atoms with E-state index in [1.54, 1.807) is 0 Å². The van der Waals surface area contributed by atoms with Gasteiger partial charge in [-0.15, -0.1) is 0 Å². The topological polar surface area (TPSA) is 15.3 Å². The Morgan fingerprint density at radius 3 is 2.55 bits per heavy atom. The second kappa shape index (κ2) is 6.84. The summed E-state index contributed by atoms with van der Waals surface area (Å²) in [6, 6.07) is 7.11. The van der Waals surface area contributed by atoms with Crippen LogP contribution in [0.5, 0.6) is 0 Å². The molecule has 1 fully saturated rings. The van der Waals surface area contributed by atoms with Crippen molar-refractivity contribution in [3.63, 3.8) is 0 Å². The largest absolute Gasteiger partial charge is 0.380 e. The predicted molar refractivity (Wildman–Crippen MR) is 92.7 cm³/mol. The van der Waals surface area contributed by atoms with Crippen molar-refractivity contribution in [2.24, 2.45) is 11.8 Å². The normalized spacial score (nSPS) is 22.9. The second-order valence-electron chi connectivity index (χ2n) is 6.50. The smallest absolute Gasteiger partial charge is 0.0597 e. The summed E-state index contributed by atoms with van der Waals surface area (Å²) in [4.78, 5) is 2.18. The van der Waals surface area contributed by atoms with Crippen molar-refractivity contribution in [2.75, 3.05) is 24.3 Å².